The number of aryl methyl sites for hydroxylation is 1. The Bertz CT molecular complexity index is 880. The highest BCUT2D eigenvalue weighted by atomic mass is 32.1. The average molecular weight is 407 g/mol. The number of amides is 3. The quantitative estimate of drug-likeness (QED) is 0.700. The first kappa shape index (κ1) is 21.5. The summed E-state index contributed by atoms with van der Waals surface area (Å²) in [4.78, 5) is 38.7. The van der Waals surface area contributed by atoms with E-state index in [0.29, 0.717) is 16.1 Å². The first-order valence-electron chi connectivity index (χ1n) is 8.43. The van der Waals surface area contributed by atoms with Gasteiger partial charge in [-0.2, -0.15) is 0 Å². The van der Waals surface area contributed by atoms with Crippen LogP contribution in [0.25, 0.3) is 0 Å². The molecule has 7 nitrogen and oxygen atoms in total. The van der Waals surface area contributed by atoms with Crippen molar-refractivity contribution in [3.05, 3.63) is 51.7 Å². The maximum absolute atomic E-state index is 13.1. The van der Waals surface area contributed by atoms with E-state index in [-0.39, 0.29) is 25.3 Å². The molecule has 0 fully saturated rings. The number of benzene rings is 1. The highest BCUT2D eigenvalue weighted by molar-refractivity contribution is 7.16. The number of rotatable bonds is 8. The molecule has 1 aromatic carbocycles. The second-order valence-electron chi connectivity index (χ2n) is 6.21. The van der Waals surface area contributed by atoms with Crippen LogP contribution in [0, 0.1) is 19.7 Å². The van der Waals surface area contributed by atoms with Crippen molar-refractivity contribution in [1.82, 2.24) is 4.90 Å². The fourth-order valence-electron chi connectivity index (χ4n) is 2.61. The molecular formula is C19H22FN3O4S. The van der Waals surface area contributed by atoms with Gasteiger partial charge in [0, 0.05) is 18.5 Å². The normalized spacial score (nSPS) is 10.6. The van der Waals surface area contributed by atoms with Gasteiger partial charge >= 0.3 is 0 Å². The van der Waals surface area contributed by atoms with Crippen molar-refractivity contribution in [2.24, 2.45) is 5.73 Å². The van der Waals surface area contributed by atoms with Crippen molar-refractivity contribution in [2.75, 3.05) is 25.6 Å². The molecule has 1 aromatic heterocycles. The van der Waals surface area contributed by atoms with Gasteiger partial charge in [-0.3, -0.25) is 14.4 Å². The highest BCUT2D eigenvalue weighted by Gasteiger charge is 2.22. The Balaban J connectivity index is 2.16. The number of primary amides is 1. The lowest BCUT2D eigenvalue weighted by molar-refractivity contribution is -0.138. The molecule has 0 saturated heterocycles. The molecule has 0 unspecified atom stereocenters. The zero-order chi connectivity index (χ0) is 20.8. The number of nitrogens with two attached hydrogens (primary N) is 1. The van der Waals surface area contributed by atoms with Crippen molar-refractivity contribution in [3.8, 4) is 0 Å². The van der Waals surface area contributed by atoms with Crippen molar-refractivity contribution in [1.29, 1.82) is 0 Å². The molecule has 0 spiro atoms. The number of anilines is 1. The van der Waals surface area contributed by atoms with E-state index in [1.165, 1.54) is 47.6 Å². The average Bonchev–Trinajstić information content (AvgIpc) is 2.90. The molecule has 0 atom stereocenters. The molecule has 3 N–H and O–H groups in total. The Morgan fingerprint density at radius 3 is 2.43 bits per heavy atom. The Kier molecular flexibility index (Phi) is 7.24. The highest BCUT2D eigenvalue weighted by Crippen LogP contribution is 2.32. The molecule has 28 heavy (non-hydrogen) atoms. The smallest absolute Gasteiger partial charge is 0.251 e. The van der Waals surface area contributed by atoms with Crippen LogP contribution >= 0.6 is 11.3 Å². The first-order valence-corrected chi connectivity index (χ1v) is 9.25. The summed E-state index contributed by atoms with van der Waals surface area (Å²) in [6.45, 7) is 3.24. The maximum atomic E-state index is 13.1. The van der Waals surface area contributed by atoms with Crippen LogP contribution in [0.3, 0.4) is 0 Å². The van der Waals surface area contributed by atoms with Gasteiger partial charge in [-0.25, -0.2) is 4.39 Å². The number of ether oxygens (including phenoxy) is 1. The van der Waals surface area contributed by atoms with Gasteiger partial charge in [-0.05, 0) is 37.1 Å². The Morgan fingerprint density at radius 1 is 1.21 bits per heavy atom. The maximum Gasteiger partial charge on any atom is 0.251 e. The molecule has 0 bridgehead atoms. The van der Waals surface area contributed by atoms with Gasteiger partial charge in [0.25, 0.3) is 5.91 Å². The molecular weight excluding hydrogens is 385 g/mol. The van der Waals surface area contributed by atoms with Gasteiger partial charge in [-0.15, -0.1) is 11.3 Å². The molecule has 0 radical (unpaired) electrons. The molecule has 150 valence electrons. The minimum absolute atomic E-state index is 0.112. The number of methoxy groups -OCH3 is 1. The van der Waals surface area contributed by atoms with Crippen LogP contribution in [0.4, 0.5) is 9.39 Å². The zero-order valence-electron chi connectivity index (χ0n) is 15.9. The van der Waals surface area contributed by atoms with Gasteiger partial charge in [0.2, 0.25) is 11.8 Å². The van der Waals surface area contributed by atoms with Crippen LogP contribution in [-0.2, 0) is 20.9 Å². The van der Waals surface area contributed by atoms with E-state index in [1.807, 2.05) is 6.92 Å². The van der Waals surface area contributed by atoms with Crippen LogP contribution in [0.1, 0.15) is 26.4 Å². The molecule has 1 heterocycles. The summed E-state index contributed by atoms with van der Waals surface area (Å²) >= 11 is 1.25. The van der Waals surface area contributed by atoms with Crippen LogP contribution in [0.5, 0.6) is 0 Å². The van der Waals surface area contributed by atoms with E-state index in [2.05, 4.69) is 5.32 Å². The van der Waals surface area contributed by atoms with Crippen LogP contribution in [-0.4, -0.2) is 42.9 Å². The topological polar surface area (TPSA) is 102 Å². The number of nitrogens with zero attached hydrogens (tertiary/aromatic N) is 1. The summed E-state index contributed by atoms with van der Waals surface area (Å²) in [5.41, 5.74) is 7.06. The van der Waals surface area contributed by atoms with E-state index in [4.69, 9.17) is 10.5 Å². The minimum Gasteiger partial charge on any atom is -0.375 e. The van der Waals surface area contributed by atoms with E-state index in [9.17, 15) is 18.8 Å². The third-order valence-corrected chi connectivity index (χ3v) is 5.25. The molecule has 0 aliphatic carbocycles. The van der Waals surface area contributed by atoms with E-state index < -0.39 is 23.5 Å². The summed E-state index contributed by atoms with van der Waals surface area (Å²) in [6, 6.07) is 5.64. The molecule has 9 heteroatoms. The van der Waals surface area contributed by atoms with Gasteiger partial charge in [0.1, 0.15) is 24.0 Å². The summed E-state index contributed by atoms with van der Waals surface area (Å²) < 4.78 is 18.0. The number of hydrogen-bond acceptors (Lipinski definition) is 5. The SMILES string of the molecule is COCC(=O)N(CC(=O)Nc1sc(C)c(C)c1C(N)=O)Cc1ccc(F)cc1. The lowest BCUT2D eigenvalue weighted by atomic mass is 10.1. The number of halogens is 1. The summed E-state index contributed by atoms with van der Waals surface area (Å²) in [5, 5.41) is 3.01. The minimum atomic E-state index is -0.629. The van der Waals surface area contributed by atoms with E-state index in [1.54, 1.807) is 6.92 Å². The number of nitrogens with one attached hydrogen (secondary N) is 1. The van der Waals surface area contributed by atoms with Gasteiger partial charge in [0.15, 0.2) is 0 Å². The number of carbonyl (C=O) groups is 3. The first-order chi connectivity index (χ1) is 13.2. The molecule has 2 aromatic rings. The van der Waals surface area contributed by atoms with Crippen molar-refractivity contribution < 1.29 is 23.5 Å². The number of hydrogen-bond donors (Lipinski definition) is 2. The van der Waals surface area contributed by atoms with Crippen LogP contribution in [0.15, 0.2) is 24.3 Å². The molecule has 0 aliphatic heterocycles. The fourth-order valence-corrected chi connectivity index (χ4v) is 3.69. The van der Waals surface area contributed by atoms with E-state index in [0.717, 1.165) is 4.88 Å². The molecule has 2 rings (SSSR count). The Morgan fingerprint density at radius 2 is 1.86 bits per heavy atom. The molecule has 0 saturated carbocycles. The Hall–Kier alpha value is -2.78. The lowest BCUT2D eigenvalue weighted by Gasteiger charge is -2.22. The van der Waals surface area contributed by atoms with Crippen molar-refractivity contribution in [2.45, 2.75) is 20.4 Å². The van der Waals surface area contributed by atoms with Gasteiger partial charge in [-0.1, -0.05) is 12.1 Å². The predicted octanol–water partition coefficient (Wildman–Crippen LogP) is 2.22. The Labute approximate surface area is 166 Å². The second kappa shape index (κ2) is 9.43. The van der Waals surface area contributed by atoms with Crippen LogP contribution < -0.4 is 11.1 Å². The largest absolute Gasteiger partial charge is 0.375 e. The fraction of sp³-hybridized carbons (Fsp3) is 0.316. The molecule has 0 aliphatic rings. The standard InChI is InChI=1S/C19H22FN3O4S/c1-11-12(2)28-19(17(11)18(21)26)22-15(24)9-23(16(25)10-27-3)8-13-4-6-14(20)7-5-13/h4-7H,8-10H2,1-3H3,(H2,21,26)(H,22,24). The van der Waals surface area contributed by atoms with E-state index >= 15 is 0 Å². The predicted molar refractivity (Wildman–Crippen MR) is 105 cm³/mol. The number of carbonyl (C=O) groups excluding carboxylic acids is 3. The summed E-state index contributed by atoms with van der Waals surface area (Å²) in [6.07, 6.45) is 0. The zero-order valence-corrected chi connectivity index (χ0v) is 16.7. The number of thiophene rings is 1. The molecule has 3 amide bonds. The van der Waals surface area contributed by atoms with Crippen molar-refractivity contribution in [3.63, 3.8) is 0 Å². The second-order valence-corrected chi connectivity index (χ2v) is 7.43. The van der Waals surface area contributed by atoms with Crippen LogP contribution in [0.2, 0.25) is 0 Å². The van der Waals surface area contributed by atoms with Gasteiger partial charge in [0.05, 0.1) is 5.56 Å². The van der Waals surface area contributed by atoms with Gasteiger partial charge < -0.3 is 20.7 Å². The third kappa shape index (κ3) is 5.37. The third-order valence-electron chi connectivity index (χ3n) is 4.13. The van der Waals surface area contributed by atoms with Crippen molar-refractivity contribution >= 4 is 34.1 Å². The summed E-state index contributed by atoms with van der Waals surface area (Å²) in [5.74, 6) is -1.89. The monoisotopic (exact) mass is 407 g/mol. The summed E-state index contributed by atoms with van der Waals surface area (Å²) in [7, 11) is 1.38. The lowest BCUT2D eigenvalue weighted by Crippen LogP contribution is -2.39.